The Labute approximate surface area is 120 Å². The van der Waals surface area contributed by atoms with Crippen molar-refractivity contribution in [2.75, 3.05) is 18.1 Å². The van der Waals surface area contributed by atoms with Crippen LogP contribution in [0.1, 0.15) is 26.7 Å². The maximum absolute atomic E-state index is 5.81. The van der Waals surface area contributed by atoms with Gasteiger partial charge in [0.2, 0.25) is 0 Å². The summed E-state index contributed by atoms with van der Waals surface area (Å²) in [5.41, 5.74) is 1.29. The van der Waals surface area contributed by atoms with E-state index in [9.17, 15) is 0 Å². The molecule has 0 aliphatic carbocycles. The number of nitrogens with zero attached hydrogens (tertiary/aromatic N) is 1. The number of hydrogen-bond donors (Lipinski definition) is 0. The van der Waals surface area contributed by atoms with Crippen LogP contribution in [0.4, 0.5) is 0 Å². The van der Waals surface area contributed by atoms with Crippen molar-refractivity contribution in [3.63, 3.8) is 0 Å². The number of ether oxygens (including phenoxy) is 1. The Morgan fingerprint density at radius 1 is 1.21 bits per heavy atom. The Morgan fingerprint density at radius 2 is 2.11 bits per heavy atom. The largest absolute Gasteiger partial charge is 0.493 e. The molecule has 0 bridgehead atoms. The summed E-state index contributed by atoms with van der Waals surface area (Å²) in [5, 5.41) is 1.24. The van der Waals surface area contributed by atoms with Crippen LogP contribution >= 0.6 is 11.8 Å². The molecule has 0 aliphatic rings. The highest BCUT2D eigenvalue weighted by Crippen LogP contribution is 2.27. The standard InChI is InChI=1S/C16H23NOS/c1-3-12-18-16-8-5-7-15-14(16)9-11-17(15)10-6-13-19-4-2/h5,7-9,11H,3-4,6,10,12-13H2,1-2H3. The molecule has 0 radical (unpaired) electrons. The van der Waals surface area contributed by atoms with Crippen molar-refractivity contribution in [2.24, 2.45) is 0 Å². The molecule has 2 rings (SSSR count). The lowest BCUT2D eigenvalue weighted by Gasteiger charge is -2.08. The summed E-state index contributed by atoms with van der Waals surface area (Å²) in [5.74, 6) is 3.46. The summed E-state index contributed by atoms with van der Waals surface area (Å²) in [7, 11) is 0. The van der Waals surface area contributed by atoms with Gasteiger partial charge in [-0.2, -0.15) is 11.8 Å². The van der Waals surface area contributed by atoms with E-state index >= 15 is 0 Å². The predicted octanol–water partition coefficient (Wildman–Crippen LogP) is 4.57. The molecule has 0 saturated carbocycles. The van der Waals surface area contributed by atoms with Gasteiger partial charge in [0.25, 0.3) is 0 Å². The summed E-state index contributed by atoms with van der Waals surface area (Å²) in [4.78, 5) is 0. The van der Waals surface area contributed by atoms with E-state index < -0.39 is 0 Å². The van der Waals surface area contributed by atoms with Crippen LogP contribution in [0.2, 0.25) is 0 Å². The van der Waals surface area contributed by atoms with Crippen LogP contribution in [-0.2, 0) is 6.54 Å². The van der Waals surface area contributed by atoms with Gasteiger partial charge in [0.1, 0.15) is 5.75 Å². The summed E-state index contributed by atoms with van der Waals surface area (Å²) in [6, 6.07) is 8.51. The van der Waals surface area contributed by atoms with Crippen molar-refractivity contribution < 1.29 is 4.74 Å². The lowest BCUT2D eigenvalue weighted by molar-refractivity contribution is 0.321. The number of aryl methyl sites for hydroxylation is 1. The fourth-order valence-electron chi connectivity index (χ4n) is 2.21. The van der Waals surface area contributed by atoms with Crippen molar-refractivity contribution in [3.05, 3.63) is 30.5 Å². The second-order valence-corrected chi connectivity index (χ2v) is 5.99. The molecule has 19 heavy (non-hydrogen) atoms. The number of hydrogen-bond acceptors (Lipinski definition) is 2. The van der Waals surface area contributed by atoms with Crippen LogP contribution in [0.25, 0.3) is 10.9 Å². The van der Waals surface area contributed by atoms with E-state index in [0.717, 1.165) is 25.3 Å². The average Bonchev–Trinajstić information content (AvgIpc) is 2.85. The number of rotatable bonds is 8. The highest BCUT2D eigenvalue weighted by atomic mass is 32.2. The third kappa shape index (κ3) is 3.69. The van der Waals surface area contributed by atoms with Crippen LogP contribution in [0.15, 0.2) is 30.5 Å². The Morgan fingerprint density at radius 3 is 2.89 bits per heavy atom. The van der Waals surface area contributed by atoms with Gasteiger partial charge >= 0.3 is 0 Å². The second-order valence-electron chi connectivity index (χ2n) is 4.60. The molecule has 1 aromatic carbocycles. The Hall–Kier alpha value is -1.09. The normalized spacial score (nSPS) is 11.1. The van der Waals surface area contributed by atoms with E-state index in [1.54, 1.807) is 0 Å². The zero-order valence-electron chi connectivity index (χ0n) is 11.9. The van der Waals surface area contributed by atoms with Crippen LogP contribution in [-0.4, -0.2) is 22.7 Å². The van der Waals surface area contributed by atoms with Gasteiger partial charge in [-0.25, -0.2) is 0 Å². The number of thioether (sulfide) groups is 1. The molecule has 1 heterocycles. The first-order valence-corrected chi connectivity index (χ1v) is 8.30. The first-order valence-electron chi connectivity index (χ1n) is 7.15. The van der Waals surface area contributed by atoms with Crippen molar-refractivity contribution in [3.8, 4) is 5.75 Å². The minimum atomic E-state index is 0.789. The molecule has 2 aromatic rings. The number of benzene rings is 1. The zero-order valence-corrected chi connectivity index (χ0v) is 12.7. The monoisotopic (exact) mass is 277 g/mol. The highest BCUT2D eigenvalue weighted by Gasteiger charge is 2.06. The lowest BCUT2D eigenvalue weighted by Crippen LogP contribution is -1.98. The minimum Gasteiger partial charge on any atom is -0.493 e. The summed E-state index contributed by atoms with van der Waals surface area (Å²) in [6.45, 7) is 6.23. The molecule has 0 N–H and O–H groups in total. The van der Waals surface area contributed by atoms with Crippen molar-refractivity contribution >= 4 is 22.7 Å². The maximum Gasteiger partial charge on any atom is 0.128 e. The molecule has 104 valence electrons. The van der Waals surface area contributed by atoms with Crippen LogP contribution < -0.4 is 4.74 Å². The molecule has 2 nitrogen and oxygen atoms in total. The van der Waals surface area contributed by atoms with E-state index in [-0.39, 0.29) is 0 Å². The predicted molar refractivity (Wildman–Crippen MR) is 85.3 cm³/mol. The number of aromatic nitrogens is 1. The molecule has 0 saturated heterocycles. The van der Waals surface area contributed by atoms with E-state index in [1.807, 2.05) is 11.8 Å². The Bertz CT molecular complexity index is 506. The summed E-state index contributed by atoms with van der Waals surface area (Å²) >= 11 is 2.01. The molecule has 0 aliphatic heterocycles. The lowest BCUT2D eigenvalue weighted by atomic mass is 10.2. The van der Waals surface area contributed by atoms with E-state index in [1.165, 1.54) is 28.8 Å². The molecular weight excluding hydrogens is 254 g/mol. The molecule has 0 atom stereocenters. The van der Waals surface area contributed by atoms with Crippen LogP contribution in [0.5, 0.6) is 5.75 Å². The molecule has 0 fully saturated rings. The molecule has 0 unspecified atom stereocenters. The van der Waals surface area contributed by atoms with Gasteiger partial charge in [-0.05, 0) is 42.5 Å². The molecule has 0 amide bonds. The smallest absolute Gasteiger partial charge is 0.128 e. The van der Waals surface area contributed by atoms with Gasteiger partial charge in [0.15, 0.2) is 0 Å². The van der Waals surface area contributed by atoms with Gasteiger partial charge in [0.05, 0.1) is 12.1 Å². The third-order valence-electron chi connectivity index (χ3n) is 3.13. The van der Waals surface area contributed by atoms with Crippen LogP contribution in [0, 0.1) is 0 Å². The van der Waals surface area contributed by atoms with E-state index in [0.29, 0.717) is 0 Å². The van der Waals surface area contributed by atoms with E-state index in [4.69, 9.17) is 4.74 Å². The Kier molecular flexibility index (Phi) is 5.64. The summed E-state index contributed by atoms with van der Waals surface area (Å²) < 4.78 is 8.15. The van der Waals surface area contributed by atoms with Crippen molar-refractivity contribution in [1.29, 1.82) is 0 Å². The van der Waals surface area contributed by atoms with Crippen LogP contribution in [0.3, 0.4) is 0 Å². The third-order valence-corrected chi connectivity index (χ3v) is 4.11. The molecule has 1 aromatic heterocycles. The molecule has 0 spiro atoms. The average molecular weight is 277 g/mol. The van der Waals surface area contributed by atoms with E-state index in [2.05, 4.69) is 48.9 Å². The fourth-order valence-corrected chi connectivity index (χ4v) is 2.83. The van der Waals surface area contributed by atoms with Gasteiger partial charge in [0, 0.05) is 18.1 Å². The number of fused-ring (bicyclic) bond motifs is 1. The first kappa shape index (κ1) is 14.3. The SMILES string of the molecule is CCCOc1cccc2c1ccn2CCCSCC. The van der Waals surface area contributed by atoms with Crippen molar-refractivity contribution in [1.82, 2.24) is 4.57 Å². The highest BCUT2D eigenvalue weighted by molar-refractivity contribution is 7.99. The minimum absolute atomic E-state index is 0.789. The second kappa shape index (κ2) is 7.49. The first-order chi connectivity index (χ1) is 9.36. The van der Waals surface area contributed by atoms with Gasteiger partial charge < -0.3 is 9.30 Å². The molecule has 3 heteroatoms. The van der Waals surface area contributed by atoms with Gasteiger partial charge in [-0.1, -0.05) is 19.9 Å². The fraction of sp³-hybridized carbons (Fsp3) is 0.500. The zero-order chi connectivity index (χ0) is 13.5. The van der Waals surface area contributed by atoms with Crippen molar-refractivity contribution in [2.45, 2.75) is 33.2 Å². The Balaban J connectivity index is 2.09. The summed E-state index contributed by atoms with van der Waals surface area (Å²) in [6.07, 6.45) is 4.45. The van der Waals surface area contributed by atoms with Gasteiger partial charge in [-0.3, -0.25) is 0 Å². The maximum atomic E-state index is 5.81. The van der Waals surface area contributed by atoms with Gasteiger partial charge in [-0.15, -0.1) is 0 Å². The molecular formula is C16H23NOS. The topological polar surface area (TPSA) is 14.2 Å². The quantitative estimate of drug-likeness (QED) is 0.656.